The van der Waals surface area contributed by atoms with Crippen molar-refractivity contribution in [1.82, 2.24) is 4.90 Å². The summed E-state index contributed by atoms with van der Waals surface area (Å²) in [7, 11) is 1.70. The first-order valence-corrected chi connectivity index (χ1v) is 4.77. The Labute approximate surface area is 78.0 Å². The van der Waals surface area contributed by atoms with Crippen LogP contribution in [0.2, 0.25) is 0 Å². The van der Waals surface area contributed by atoms with Crippen LogP contribution in [0.1, 0.15) is 19.3 Å². The number of methoxy groups -OCH3 is 1. The Balaban J connectivity index is 2.20. The van der Waals surface area contributed by atoms with E-state index in [-0.39, 0.29) is 17.6 Å². The van der Waals surface area contributed by atoms with Gasteiger partial charge in [0.05, 0.1) is 6.10 Å². The van der Waals surface area contributed by atoms with Crippen LogP contribution in [0, 0.1) is 0 Å². The molecule has 2 aliphatic rings. The first-order chi connectivity index (χ1) is 6.19. The molecule has 4 nitrogen and oxygen atoms in total. The van der Waals surface area contributed by atoms with Crippen molar-refractivity contribution in [2.75, 3.05) is 20.2 Å². The van der Waals surface area contributed by atoms with Crippen molar-refractivity contribution in [2.24, 2.45) is 5.73 Å². The Morgan fingerprint density at radius 1 is 1.69 bits per heavy atom. The summed E-state index contributed by atoms with van der Waals surface area (Å²) in [6.45, 7) is 1.85. The van der Waals surface area contributed by atoms with Gasteiger partial charge >= 0.3 is 0 Å². The van der Waals surface area contributed by atoms with Crippen LogP contribution in [0.5, 0.6) is 0 Å². The molecule has 0 spiro atoms. The molecule has 2 rings (SSSR count). The van der Waals surface area contributed by atoms with Gasteiger partial charge in [0.15, 0.2) is 0 Å². The maximum absolute atomic E-state index is 11.4. The number of carbonyl (C=O) groups excluding carboxylic acids is 1. The second-order valence-corrected chi connectivity index (χ2v) is 4.01. The van der Waals surface area contributed by atoms with Gasteiger partial charge in [0, 0.05) is 20.1 Å². The molecular formula is C9H16N2O2. The van der Waals surface area contributed by atoms with Gasteiger partial charge in [-0.1, -0.05) is 0 Å². The predicted octanol–water partition coefficient (Wildman–Crippen LogP) is -0.275. The van der Waals surface area contributed by atoms with Gasteiger partial charge < -0.3 is 10.5 Å². The number of rotatable bonds is 2. The molecule has 0 aromatic heterocycles. The van der Waals surface area contributed by atoms with E-state index in [0.29, 0.717) is 0 Å². The fraction of sp³-hybridized carbons (Fsp3) is 0.889. The molecule has 0 aromatic rings. The van der Waals surface area contributed by atoms with E-state index in [0.717, 1.165) is 32.4 Å². The minimum Gasteiger partial charge on any atom is -0.380 e. The minimum absolute atomic E-state index is 0.176. The highest BCUT2D eigenvalue weighted by atomic mass is 16.5. The Morgan fingerprint density at radius 3 is 3.00 bits per heavy atom. The summed E-state index contributed by atoms with van der Waals surface area (Å²) in [5, 5.41) is 0. The monoisotopic (exact) mass is 184 g/mol. The maximum atomic E-state index is 11.4. The molecule has 2 aliphatic heterocycles. The first-order valence-electron chi connectivity index (χ1n) is 4.77. The van der Waals surface area contributed by atoms with Crippen molar-refractivity contribution >= 4 is 5.91 Å². The average Bonchev–Trinajstić information content (AvgIpc) is 2.58. The molecule has 0 aromatic carbocycles. The SMILES string of the molecule is CO[C@@H]1CN2CCC[C@]2(C(N)=O)C1. The van der Waals surface area contributed by atoms with Crippen molar-refractivity contribution in [3.05, 3.63) is 0 Å². The minimum atomic E-state index is -0.374. The number of carbonyl (C=O) groups is 1. The number of amides is 1. The molecule has 0 unspecified atom stereocenters. The van der Waals surface area contributed by atoms with Crippen LogP contribution >= 0.6 is 0 Å². The second kappa shape index (κ2) is 2.96. The number of nitrogens with two attached hydrogens (primary N) is 1. The van der Waals surface area contributed by atoms with Crippen LogP contribution in [-0.4, -0.2) is 42.6 Å². The van der Waals surface area contributed by atoms with Crippen LogP contribution < -0.4 is 5.73 Å². The molecule has 2 heterocycles. The normalized spacial score (nSPS) is 39.3. The number of hydrogen-bond donors (Lipinski definition) is 1. The number of hydrogen-bond acceptors (Lipinski definition) is 3. The van der Waals surface area contributed by atoms with E-state index in [1.54, 1.807) is 7.11 Å². The summed E-state index contributed by atoms with van der Waals surface area (Å²) in [6, 6.07) is 0. The van der Waals surface area contributed by atoms with Crippen LogP contribution in [0.25, 0.3) is 0 Å². The van der Waals surface area contributed by atoms with Gasteiger partial charge in [0.25, 0.3) is 0 Å². The summed E-state index contributed by atoms with van der Waals surface area (Å²) in [6.07, 6.45) is 2.95. The zero-order valence-electron chi connectivity index (χ0n) is 7.95. The lowest BCUT2D eigenvalue weighted by molar-refractivity contribution is -0.127. The van der Waals surface area contributed by atoms with Crippen molar-refractivity contribution in [2.45, 2.75) is 30.9 Å². The standard InChI is InChI=1S/C9H16N2O2/c1-13-7-5-9(8(10)12)3-2-4-11(9)6-7/h7H,2-6H2,1H3,(H2,10,12)/t7-,9+/m0/s1. The lowest BCUT2D eigenvalue weighted by Gasteiger charge is -2.27. The third-order valence-corrected chi connectivity index (χ3v) is 3.41. The molecule has 0 radical (unpaired) electrons. The van der Waals surface area contributed by atoms with Crippen LogP contribution in [0.3, 0.4) is 0 Å². The van der Waals surface area contributed by atoms with Crippen molar-refractivity contribution in [1.29, 1.82) is 0 Å². The topological polar surface area (TPSA) is 55.6 Å². The highest BCUT2D eigenvalue weighted by Crippen LogP contribution is 2.39. The van der Waals surface area contributed by atoms with E-state index in [2.05, 4.69) is 4.90 Å². The maximum Gasteiger partial charge on any atom is 0.238 e. The molecule has 1 amide bonds. The van der Waals surface area contributed by atoms with Crippen molar-refractivity contribution < 1.29 is 9.53 Å². The summed E-state index contributed by atoms with van der Waals surface area (Å²) < 4.78 is 5.27. The number of primary amides is 1. The Morgan fingerprint density at radius 2 is 2.46 bits per heavy atom. The molecular weight excluding hydrogens is 168 g/mol. The molecule has 74 valence electrons. The lowest BCUT2D eigenvalue weighted by atomic mass is 9.93. The largest absolute Gasteiger partial charge is 0.380 e. The van der Waals surface area contributed by atoms with Crippen molar-refractivity contribution in [3.8, 4) is 0 Å². The Kier molecular flexibility index (Phi) is 2.04. The fourth-order valence-electron chi connectivity index (χ4n) is 2.66. The Bertz CT molecular complexity index is 232. The van der Waals surface area contributed by atoms with Gasteiger partial charge in [-0.25, -0.2) is 0 Å². The van der Waals surface area contributed by atoms with E-state index in [1.807, 2.05) is 0 Å². The first kappa shape index (κ1) is 8.97. The smallest absolute Gasteiger partial charge is 0.238 e. The third kappa shape index (κ3) is 1.16. The molecule has 2 saturated heterocycles. The number of ether oxygens (including phenoxy) is 1. The van der Waals surface area contributed by atoms with Gasteiger partial charge in [-0.2, -0.15) is 0 Å². The molecule has 4 heteroatoms. The number of fused-ring (bicyclic) bond motifs is 1. The highest BCUT2D eigenvalue weighted by molar-refractivity contribution is 5.85. The van der Waals surface area contributed by atoms with Gasteiger partial charge in [-0.15, -0.1) is 0 Å². The molecule has 2 N–H and O–H groups in total. The van der Waals surface area contributed by atoms with Gasteiger partial charge in [-0.3, -0.25) is 9.69 Å². The van der Waals surface area contributed by atoms with E-state index in [1.165, 1.54) is 0 Å². The van der Waals surface area contributed by atoms with Crippen LogP contribution in [0.4, 0.5) is 0 Å². The summed E-state index contributed by atoms with van der Waals surface area (Å²) in [5.41, 5.74) is 5.08. The summed E-state index contributed by atoms with van der Waals surface area (Å²) >= 11 is 0. The lowest BCUT2D eigenvalue weighted by Crippen LogP contribution is -2.49. The van der Waals surface area contributed by atoms with Gasteiger partial charge in [0.2, 0.25) is 5.91 Å². The van der Waals surface area contributed by atoms with E-state index in [9.17, 15) is 4.79 Å². The second-order valence-electron chi connectivity index (χ2n) is 4.01. The molecule has 0 bridgehead atoms. The molecule has 13 heavy (non-hydrogen) atoms. The zero-order valence-corrected chi connectivity index (χ0v) is 7.95. The highest BCUT2D eigenvalue weighted by Gasteiger charge is 2.52. The third-order valence-electron chi connectivity index (χ3n) is 3.41. The van der Waals surface area contributed by atoms with Gasteiger partial charge in [-0.05, 0) is 19.4 Å². The predicted molar refractivity (Wildman–Crippen MR) is 48.1 cm³/mol. The molecule has 2 fully saturated rings. The molecule has 2 atom stereocenters. The van der Waals surface area contributed by atoms with Crippen LogP contribution in [-0.2, 0) is 9.53 Å². The average molecular weight is 184 g/mol. The Hall–Kier alpha value is -0.610. The molecule has 0 aliphatic carbocycles. The summed E-state index contributed by atoms with van der Waals surface area (Å²) in [5.74, 6) is -0.176. The molecule has 0 saturated carbocycles. The van der Waals surface area contributed by atoms with E-state index in [4.69, 9.17) is 10.5 Å². The number of nitrogens with zero attached hydrogens (tertiary/aromatic N) is 1. The van der Waals surface area contributed by atoms with E-state index >= 15 is 0 Å². The quantitative estimate of drug-likeness (QED) is 0.642. The van der Waals surface area contributed by atoms with E-state index < -0.39 is 0 Å². The fourth-order valence-corrected chi connectivity index (χ4v) is 2.66. The zero-order chi connectivity index (χ0) is 9.47. The van der Waals surface area contributed by atoms with Crippen LogP contribution in [0.15, 0.2) is 0 Å². The summed E-state index contributed by atoms with van der Waals surface area (Å²) in [4.78, 5) is 13.6. The van der Waals surface area contributed by atoms with Crippen molar-refractivity contribution in [3.63, 3.8) is 0 Å². The van der Waals surface area contributed by atoms with Gasteiger partial charge in [0.1, 0.15) is 5.54 Å².